The van der Waals surface area contributed by atoms with Gasteiger partial charge in [0.2, 0.25) is 12.5 Å². The number of halogens is 1. The summed E-state index contributed by atoms with van der Waals surface area (Å²) in [4.78, 5) is 28.6. The second-order valence-electron chi connectivity index (χ2n) is 6.05. The summed E-state index contributed by atoms with van der Waals surface area (Å²) < 4.78 is 0. The number of nitrogens with two attached hydrogens (primary N) is 1. The summed E-state index contributed by atoms with van der Waals surface area (Å²) in [6.45, 7) is -0.253. The van der Waals surface area contributed by atoms with Crippen LogP contribution in [0.3, 0.4) is 0 Å². The molecule has 136 valence electrons. The predicted molar refractivity (Wildman–Crippen MR) is 95.8 cm³/mol. The highest BCUT2D eigenvalue weighted by Gasteiger charge is 2.17. The average Bonchev–Trinajstić information content (AvgIpc) is 2.55. The van der Waals surface area contributed by atoms with E-state index in [2.05, 4.69) is 15.8 Å². The SMILES string of the molecule is NC(CC(=O)NC1CCCCC1)=[NH+]OCC(=O)Nc1cccc(Cl)c1. The van der Waals surface area contributed by atoms with Crippen LogP contribution in [0.2, 0.25) is 5.02 Å². The number of amidine groups is 1. The third-order valence-electron chi connectivity index (χ3n) is 3.84. The molecular weight excluding hydrogens is 344 g/mol. The molecule has 0 saturated heterocycles. The fourth-order valence-electron chi connectivity index (χ4n) is 2.69. The van der Waals surface area contributed by atoms with E-state index in [1.807, 2.05) is 0 Å². The summed E-state index contributed by atoms with van der Waals surface area (Å²) in [7, 11) is 0. The molecule has 0 radical (unpaired) electrons. The molecule has 1 aliphatic carbocycles. The van der Waals surface area contributed by atoms with Crippen molar-refractivity contribution < 1.29 is 19.6 Å². The molecule has 25 heavy (non-hydrogen) atoms. The first-order chi connectivity index (χ1) is 12.0. The van der Waals surface area contributed by atoms with Gasteiger partial charge in [0.1, 0.15) is 6.42 Å². The second kappa shape index (κ2) is 9.88. The van der Waals surface area contributed by atoms with Gasteiger partial charge in [-0.2, -0.15) is 0 Å². The van der Waals surface area contributed by atoms with Gasteiger partial charge in [-0.15, -0.1) is 0 Å². The maximum Gasteiger partial charge on any atom is 0.288 e. The van der Waals surface area contributed by atoms with E-state index in [4.69, 9.17) is 22.2 Å². The summed E-state index contributed by atoms with van der Waals surface area (Å²) in [5.41, 5.74) is 6.28. The van der Waals surface area contributed by atoms with Crippen LogP contribution < -0.4 is 21.5 Å². The Kier molecular flexibility index (Phi) is 7.53. The lowest BCUT2D eigenvalue weighted by atomic mass is 9.95. The van der Waals surface area contributed by atoms with Gasteiger partial charge >= 0.3 is 0 Å². The molecule has 1 aromatic rings. The first-order valence-corrected chi connectivity index (χ1v) is 8.74. The first-order valence-electron chi connectivity index (χ1n) is 8.37. The van der Waals surface area contributed by atoms with Gasteiger partial charge in [-0.3, -0.25) is 15.3 Å². The van der Waals surface area contributed by atoms with Gasteiger partial charge in [-0.1, -0.05) is 42.1 Å². The Hall–Kier alpha value is -2.28. The summed E-state index contributed by atoms with van der Waals surface area (Å²) >= 11 is 5.84. The van der Waals surface area contributed by atoms with E-state index in [0.717, 1.165) is 25.7 Å². The fraction of sp³-hybridized carbons (Fsp3) is 0.471. The Morgan fingerprint density at radius 3 is 2.72 bits per heavy atom. The van der Waals surface area contributed by atoms with Gasteiger partial charge in [0.15, 0.2) is 0 Å². The van der Waals surface area contributed by atoms with E-state index in [0.29, 0.717) is 10.7 Å². The summed E-state index contributed by atoms with van der Waals surface area (Å²) in [5.74, 6) is -0.359. The molecule has 2 amide bonds. The minimum atomic E-state index is -0.366. The van der Waals surface area contributed by atoms with Crippen molar-refractivity contribution in [1.82, 2.24) is 5.32 Å². The van der Waals surface area contributed by atoms with E-state index in [1.54, 1.807) is 24.3 Å². The third kappa shape index (κ3) is 7.43. The Morgan fingerprint density at radius 2 is 2.00 bits per heavy atom. The van der Waals surface area contributed by atoms with Crippen molar-refractivity contribution in [3.05, 3.63) is 29.3 Å². The smallest absolute Gasteiger partial charge is 0.288 e. The first kappa shape index (κ1) is 19.1. The number of amides is 2. The Balaban J connectivity index is 1.67. The predicted octanol–water partition coefficient (Wildman–Crippen LogP) is 0.487. The quantitative estimate of drug-likeness (QED) is 0.319. The number of carbonyl (C=O) groups is 2. The number of rotatable bonds is 7. The molecule has 0 aliphatic heterocycles. The molecule has 0 spiro atoms. The highest BCUT2D eigenvalue weighted by Crippen LogP contribution is 2.17. The maximum atomic E-state index is 11.9. The minimum absolute atomic E-state index is 0.00636. The van der Waals surface area contributed by atoms with Crippen LogP contribution in [0.25, 0.3) is 0 Å². The van der Waals surface area contributed by atoms with Crippen molar-refractivity contribution >= 4 is 34.9 Å². The van der Waals surface area contributed by atoms with Crippen molar-refractivity contribution in [3.8, 4) is 0 Å². The summed E-state index contributed by atoms with van der Waals surface area (Å²) in [5, 5.41) is 8.55. The zero-order valence-electron chi connectivity index (χ0n) is 14.0. The molecule has 0 aromatic heterocycles. The zero-order valence-corrected chi connectivity index (χ0v) is 14.8. The van der Waals surface area contributed by atoms with Crippen LogP contribution in [0, 0.1) is 0 Å². The lowest BCUT2D eigenvalue weighted by Crippen LogP contribution is -2.75. The fourth-order valence-corrected chi connectivity index (χ4v) is 2.88. The van der Waals surface area contributed by atoms with Gasteiger partial charge in [0.05, 0.1) is 0 Å². The van der Waals surface area contributed by atoms with Gasteiger partial charge in [0, 0.05) is 16.8 Å². The van der Waals surface area contributed by atoms with Gasteiger partial charge < -0.3 is 15.5 Å². The van der Waals surface area contributed by atoms with Gasteiger partial charge in [0.25, 0.3) is 11.7 Å². The molecule has 5 N–H and O–H groups in total. The normalized spacial score (nSPS) is 15.5. The Labute approximate surface area is 151 Å². The molecule has 1 fully saturated rings. The van der Waals surface area contributed by atoms with E-state index in [-0.39, 0.29) is 36.7 Å². The molecule has 0 bridgehead atoms. The molecule has 1 aromatic carbocycles. The highest BCUT2D eigenvalue weighted by atomic mass is 35.5. The largest absolute Gasteiger partial charge is 0.353 e. The lowest BCUT2D eigenvalue weighted by Gasteiger charge is -2.22. The maximum absolute atomic E-state index is 11.9. The van der Waals surface area contributed by atoms with Gasteiger partial charge in [-0.25, -0.2) is 0 Å². The van der Waals surface area contributed by atoms with Crippen molar-refractivity contribution in [1.29, 1.82) is 0 Å². The number of anilines is 1. The Bertz CT molecular complexity index is 630. The van der Waals surface area contributed by atoms with Crippen molar-refractivity contribution in [3.63, 3.8) is 0 Å². The Morgan fingerprint density at radius 1 is 1.24 bits per heavy atom. The van der Waals surface area contributed by atoms with E-state index < -0.39 is 0 Å². The minimum Gasteiger partial charge on any atom is -0.353 e. The number of hydrogen-bond acceptors (Lipinski definition) is 3. The summed E-state index contributed by atoms with van der Waals surface area (Å²) in [6.07, 6.45) is 5.55. The van der Waals surface area contributed by atoms with Crippen molar-refractivity contribution in [2.24, 2.45) is 5.73 Å². The molecular formula is C17H24ClN4O3+. The van der Waals surface area contributed by atoms with Gasteiger partial charge in [-0.05, 0) is 31.0 Å². The molecule has 0 atom stereocenters. The van der Waals surface area contributed by atoms with E-state index >= 15 is 0 Å². The standard InChI is InChI=1S/C17H23ClN4O3/c18-12-5-4-8-14(9-12)21-17(24)11-25-22-15(19)10-16(23)20-13-6-2-1-3-7-13/h4-5,8-9,13H,1-3,6-7,10-11H2,(H2,19,22)(H,20,23)(H,21,24)/p+1. The van der Waals surface area contributed by atoms with E-state index in [9.17, 15) is 9.59 Å². The lowest BCUT2D eigenvalue weighted by molar-refractivity contribution is -0.750. The van der Waals surface area contributed by atoms with Crippen LogP contribution >= 0.6 is 11.6 Å². The number of benzene rings is 1. The van der Waals surface area contributed by atoms with E-state index in [1.165, 1.54) is 6.42 Å². The van der Waals surface area contributed by atoms with Crippen LogP contribution in [0.5, 0.6) is 0 Å². The number of nitrogens with one attached hydrogen (secondary N) is 3. The molecule has 8 heteroatoms. The van der Waals surface area contributed by atoms with Crippen LogP contribution in [0.4, 0.5) is 5.69 Å². The second-order valence-corrected chi connectivity index (χ2v) is 6.49. The molecule has 7 nitrogen and oxygen atoms in total. The van der Waals surface area contributed by atoms with Crippen molar-refractivity contribution in [2.45, 2.75) is 44.6 Å². The van der Waals surface area contributed by atoms with Crippen LogP contribution in [0.1, 0.15) is 38.5 Å². The summed E-state index contributed by atoms with van der Waals surface area (Å²) in [6, 6.07) is 7.02. The van der Waals surface area contributed by atoms with Crippen LogP contribution in [0.15, 0.2) is 24.3 Å². The number of hydrogen-bond donors (Lipinski definition) is 4. The molecule has 1 aliphatic rings. The monoisotopic (exact) mass is 367 g/mol. The third-order valence-corrected chi connectivity index (χ3v) is 4.07. The molecule has 1 saturated carbocycles. The highest BCUT2D eigenvalue weighted by molar-refractivity contribution is 6.30. The molecule has 0 heterocycles. The van der Waals surface area contributed by atoms with Crippen molar-refractivity contribution in [2.75, 3.05) is 11.9 Å². The molecule has 2 rings (SSSR count). The zero-order chi connectivity index (χ0) is 18.1. The topological polar surface area (TPSA) is 107 Å². The number of carbonyl (C=O) groups excluding carboxylic acids is 2. The average molecular weight is 368 g/mol. The van der Waals surface area contributed by atoms with Crippen LogP contribution in [-0.4, -0.2) is 30.3 Å². The van der Waals surface area contributed by atoms with Crippen LogP contribution in [-0.2, 0) is 14.4 Å². The molecule has 0 unspecified atom stereocenters.